The van der Waals surface area contributed by atoms with E-state index >= 15 is 0 Å². The number of carbonyl (C=O) groups excluding carboxylic acids is 2. The molecule has 0 bridgehead atoms. The molecule has 0 aliphatic carbocycles. The van der Waals surface area contributed by atoms with Gasteiger partial charge in [-0.15, -0.1) is 0 Å². The highest BCUT2D eigenvalue weighted by molar-refractivity contribution is 5.98. The summed E-state index contributed by atoms with van der Waals surface area (Å²) in [5.74, 6) is -1.75. The molecule has 0 saturated carbocycles. The molecule has 1 aliphatic heterocycles. The van der Waals surface area contributed by atoms with Crippen LogP contribution in [0.15, 0.2) is 12.3 Å². The maximum absolute atomic E-state index is 12.8. The number of aromatic hydroxyl groups is 1. The molecule has 2 N–H and O–H groups in total. The lowest BCUT2D eigenvalue weighted by Gasteiger charge is -2.30. The summed E-state index contributed by atoms with van der Waals surface area (Å²) in [5, 5.41) is 12.7. The van der Waals surface area contributed by atoms with E-state index in [0.717, 1.165) is 25.7 Å². The summed E-state index contributed by atoms with van der Waals surface area (Å²) in [5.41, 5.74) is -0.267. The van der Waals surface area contributed by atoms with Crippen LogP contribution in [0.3, 0.4) is 0 Å². The van der Waals surface area contributed by atoms with Gasteiger partial charge in [-0.25, -0.2) is 9.78 Å². The number of esters is 1. The molecule has 1 fully saturated rings. The van der Waals surface area contributed by atoms with E-state index in [-0.39, 0.29) is 24.7 Å². The number of aromatic nitrogens is 1. The Hall–Kier alpha value is -2.43. The Morgan fingerprint density at radius 3 is 2.58 bits per heavy atom. The lowest BCUT2D eigenvalue weighted by molar-refractivity contribution is -0.167. The maximum atomic E-state index is 12.8. The predicted octanol–water partition coefficient (Wildman–Crippen LogP) is 2.23. The van der Waals surface area contributed by atoms with Gasteiger partial charge in [0.2, 0.25) is 0 Å². The summed E-state index contributed by atoms with van der Waals surface area (Å²) in [6.45, 7) is 6.98. The lowest BCUT2D eigenvalue weighted by atomic mass is 10.1. The third-order valence-corrected chi connectivity index (χ3v) is 5.25. The Morgan fingerprint density at radius 2 is 1.91 bits per heavy atom. The number of amides is 1. The summed E-state index contributed by atoms with van der Waals surface area (Å²) in [6, 6.07) is 0.320. The Kier molecular flexibility index (Phi) is 11.4. The van der Waals surface area contributed by atoms with Gasteiger partial charge in [-0.3, -0.25) is 4.79 Å². The number of rotatable bonds is 11. The standard InChI is InChI=1S/C23H36N2O8/c1-5-7-11-31-18-14-30-13-16(23(28)33-15(3)21(18)32-12-8-6-2)25-22(27)19-20(26)17(29-4)9-10-24-19/h9-10,15-16,18,21,26H,5-8,11-14H2,1-4H3,(H,25,27)/t15-,16-,18-,21-/m0/s1. The van der Waals surface area contributed by atoms with Crippen molar-refractivity contribution in [3.63, 3.8) is 0 Å². The van der Waals surface area contributed by atoms with E-state index in [1.165, 1.54) is 19.4 Å². The third kappa shape index (κ3) is 7.83. The van der Waals surface area contributed by atoms with Crippen molar-refractivity contribution in [1.29, 1.82) is 0 Å². The molecule has 0 aromatic carbocycles. The first-order valence-electron chi connectivity index (χ1n) is 11.5. The molecule has 1 aromatic heterocycles. The fourth-order valence-electron chi connectivity index (χ4n) is 3.32. The van der Waals surface area contributed by atoms with Gasteiger partial charge in [0.05, 0.1) is 20.3 Å². The second-order valence-corrected chi connectivity index (χ2v) is 7.87. The molecule has 2 rings (SSSR count). The average molecular weight is 469 g/mol. The molecule has 2 heterocycles. The van der Waals surface area contributed by atoms with Gasteiger partial charge in [-0.05, 0) is 19.8 Å². The number of nitrogens with one attached hydrogen (secondary N) is 1. The molecule has 0 spiro atoms. The third-order valence-electron chi connectivity index (χ3n) is 5.25. The first-order chi connectivity index (χ1) is 15.9. The summed E-state index contributed by atoms with van der Waals surface area (Å²) >= 11 is 0. The SMILES string of the molecule is CCCCO[C@H]1[C@H](C)OC(=O)[C@@H](NC(=O)c2nccc(OC)c2O)COC[C@@H]1OCCCC. The normalized spacial score (nSPS) is 23.7. The van der Waals surface area contributed by atoms with Gasteiger partial charge in [-0.2, -0.15) is 0 Å². The molecular weight excluding hydrogens is 432 g/mol. The minimum absolute atomic E-state index is 0.0937. The summed E-state index contributed by atoms with van der Waals surface area (Å²) in [6.07, 6.45) is 3.49. The zero-order valence-corrected chi connectivity index (χ0v) is 19.9. The second-order valence-electron chi connectivity index (χ2n) is 7.87. The maximum Gasteiger partial charge on any atom is 0.331 e. The summed E-state index contributed by atoms with van der Waals surface area (Å²) in [4.78, 5) is 29.4. The number of methoxy groups -OCH3 is 1. The van der Waals surface area contributed by atoms with Crippen LogP contribution in [0.1, 0.15) is 56.9 Å². The molecule has 1 saturated heterocycles. The van der Waals surface area contributed by atoms with Crippen LogP contribution in [0.25, 0.3) is 0 Å². The van der Waals surface area contributed by atoms with Crippen molar-refractivity contribution in [2.45, 2.75) is 70.8 Å². The number of carbonyl (C=O) groups is 2. The van der Waals surface area contributed by atoms with Crippen molar-refractivity contribution in [2.75, 3.05) is 33.5 Å². The van der Waals surface area contributed by atoms with Crippen LogP contribution in [0, 0.1) is 0 Å². The minimum Gasteiger partial charge on any atom is -0.503 e. The van der Waals surface area contributed by atoms with E-state index < -0.39 is 42.0 Å². The van der Waals surface area contributed by atoms with E-state index in [4.69, 9.17) is 23.7 Å². The first-order valence-corrected chi connectivity index (χ1v) is 11.5. The molecule has 1 aromatic rings. The largest absolute Gasteiger partial charge is 0.503 e. The zero-order chi connectivity index (χ0) is 24.2. The number of pyridine rings is 1. The Balaban J connectivity index is 2.13. The molecular formula is C23H36N2O8. The number of unbranched alkanes of at least 4 members (excludes halogenated alkanes) is 2. The van der Waals surface area contributed by atoms with Crippen molar-refractivity contribution in [1.82, 2.24) is 10.3 Å². The Morgan fingerprint density at radius 1 is 1.21 bits per heavy atom. The molecule has 1 amide bonds. The highest BCUT2D eigenvalue weighted by atomic mass is 16.6. The fraction of sp³-hybridized carbons (Fsp3) is 0.696. The van der Waals surface area contributed by atoms with Gasteiger partial charge < -0.3 is 34.1 Å². The van der Waals surface area contributed by atoms with Crippen LogP contribution in [-0.4, -0.2) is 79.9 Å². The molecule has 10 nitrogen and oxygen atoms in total. The quantitative estimate of drug-likeness (QED) is 0.371. The van der Waals surface area contributed by atoms with Gasteiger partial charge in [0.25, 0.3) is 5.91 Å². The summed E-state index contributed by atoms with van der Waals surface area (Å²) in [7, 11) is 1.36. The van der Waals surface area contributed by atoms with Crippen LogP contribution < -0.4 is 10.1 Å². The van der Waals surface area contributed by atoms with Gasteiger partial charge in [-0.1, -0.05) is 26.7 Å². The van der Waals surface area contributed by atoms with Crippen LogP contribution in [-0.2, 0) is 23.7 Å². The van der Waals surface area contributed by atoms with Gasteiger partial charge in [0.1, 0.15) is 18.3 Å². The smallest absolute Gasteiger partial charge is 0.331 e. The van der Waals surface area contributed by atoms with Gasteiger partial charge in [0, 0.05) is 25.5 Å². The van der Waals surface area contributed by atoms with E-state index in [1.54, 1.807) is 6.92 Å². The molecule has 186 valence electrons. The number of hydrogen-bond donors (Lipinski definition) is 2. The van der Waals surface area contributed by atoms with Crippen molar-refractivity contribution in [2.24, 2.45) is 0 Å². The second kappa shape index (κ2) is 14.0. The van der Waals surface area contributed by atoms with E-state index in [2.05, 4.69) is 24.1 Å². The molecule has 0 unspecified atom stereocenters. The highest BCUT2D eigenvalue weighted by Crippen LogP contribution is 2.27. The number of nitrogens with zero attached hydrogens (tertiary/aromatic N) is 1. The topological polar surface area (TPSA) is 125 Å². The number of ether oxygens (including phenoxy) is 5. The van der Waals surface area contributed by atoms with Crippen LogP contribution >= 0.6 is 0 Å². The molecule has 33 heavy (non-hydrogen) atoms. The fourth-order valence-corrected chi connectivity index (χ4v) is 3.32. The summed E-state index contributed by atoms with van der Waals surface area (Å²) < 4.78 is 28.4. The molecule has 10 heteroatoms. The number of hydrogen-bond acceptors (Lipinski definition) is 9. The van der Waals surface area contributed by atoms with Crippen molar-refractivity contribution in [3.8, 4) is 11.5 Å². The van der Waals surface area contributed by atoms with Crippen molar-refractivity contribution in [3.05, 3.63) is 18.0 Å². The zero-order valence-electron chi connectivity index (χ0n) is 19.9. The van der Waals surface area contributed by atoms with E-state index in [0.29, 0.717) is 13.2 Å². The van der Waals surface area contributed by atoms with Gasteiger partial charge in [0.15, 0.2) is 23.2 Å². The first kappa shape index (κ1) is 26.8. The molecule has 4 atom stereocenters. The minimum atomic E-state index is -1.10. The molecule has 0 radical (unpaired) electrons. The van der Waals surface area contributed by atoms with E-state index in [9.17, 15) is 14.7 Å². The van der Waals surface area contributed by atoms with Crippen LogP contribution in [0.2, 0.25) is 0 Å². The van der Waals surface area contributed by atoms with Gasteiger partial charge >= 0.3 is 5.97 Å². The van der Waals surface area contributed by atoms with Crippen molar-refractivity contribution >= 4 is 11.9 Å². The number of cyclic esters (lactones) is 1. The predicted molar refractivity (Wildman–Crippen MR) is 119 cm³/mol. The van der Waals surface area contributed by atoms with Crippen LogP contribution in [0.5, 0.6) is 11.5 Å². The lowest BCUT2D eigenvalue weighted by Crippen LogP contribution is -2.47. The average Bonchev–Trinajstić information content (AvgIpc) is 2.84. The molecule has 1 aliphatic rings. The Bertz CT molecular complexity index is 760. The van der Waals surface area contributed by atoms with Crippen molar-refractivity contribution < 1.29 is 38.4 Å². The Labute approximate surface area is 194 Å². The highest BCUT2D eigenvalue weighted by Gasteiger charge is 2.36. The van der Waals surface area contributed by atoms with E-state index in [1.807, 2.05) is 0 Å². The monoisotopic (exact) mass is 468 g/mol. The van der Waals surface area contributed by atoms with Crippen LogP contribution in [0.4, 0.5) is 0 Å².